The molecule has 0 spiro atoms. The number of hydrogen-bond donors (Lipinski definition) is 2. The first-order valence-electron chi connectivity index (χ1n) is 13.8. The third-order valence-electron chi connectivity index (χ3n) is 8.17. The molecule has 2 N–H and O–H groups in total. The summed E-state index contributed by atoms with van der Waals surface area (Å²) in [5.41, 5.74) is 0. The van der Waals surface area contributed by atoms with Crippen molar-refractivity contribution in [3.8, 4) is 0 Å². The monoisotopic (exact) mass is 498 g/mol. The minimum atomic E-state index is -0.0789. The lowest BCUT2D eigenvalue weighted by Gasteiger charge is -2.37. The Kier molecular flexibility index (Phi) is 10.3. The van der Waals surface area contributed by atoms with E-state index in [1.54, 1.807) is 36.8 Å². The van der Waals surface area contributed by atoms with E-state index < -0.39 is 0 Å². The van der Waals surface area contributed by atoms with Crippen molar-refractivity contribution in [2.45, 2.75) is 92.2 Å². The number of furan rings is 2. The highest BCUT2D eigenvalue weighted by molar-refractivity contribution is 5.92. The highest BCUT2D eigenvalue weighted by Crippen LogP contribution is 2.34. The molecule has 2 aliphatic carbocycles. The molecule has 2 heterocycles. The van der Waals surface area contributed by atoms with E-state index in [1.807, 2.05) is 0 Å². The molecule has 2 aromatic rings. The second kappa shape index (κ2) is 13.2. The zero-order chi connectivity index (χ0) is 26.2. The third kappa shape index (κ3) is 7.75. The van der Waals surface area contributed by atoms with Gasteiger partial charge < -0.3 is 19.5 Å². The molecule has 0 aliphatic heterocycles. The fraction of sp³-hybridized carbons (Fsp3) is 0.667. The van der Waals surface area contributed by atoms with Crippen LogP contribution in [0.3, 0.4) is 0 Å². The molecule has 2 aromatic heterocycles. The second-order valence-corrected chi connectivity index (χ2v) is 11.8. The van der Waals surface area contributed by atoms with Gasteiger partial charge in [-0.25, -0.2) is 0 Å². The van der Waals surface area contributed by atoms with Gasteiger partial charge in [0.25, 0.3) is 11.8 Å². The molecule has 0 unspecified atom stereocenters. The lowest BCUT2D eigenvalue weighted by atomic mass is 9.74. The predicted octanol–water partition coefficient (Wildman–Crippen LogP) is 6.94. The Morgan fingerprint density at radius 3 is 1.42 bits per heavy atom. The molecule has 2 saturated carbocycles. The van der Waals surface area contributed by atoms with Crippen LogP contribution in [0.4, 0.5) is 0 Å². The summed E-state index contributed by atoms with van der Waals surface area (Å²) in [5.74, 6) is 4.45. The molecule has 2 aliphatic rings. The van der Waals surface area contributed by atoms with E-state index in [0.29, 0.717) is 47.0 Å². The molecule has 0 bridgehead atoms. The van der Waals surface area contributed by atoms with Gasteiger partial charge in [-0.2, -0.15) is 0 Å². The molecule has 200 valence electrons. The maximum Gasteiger partial charge on any atom is 0.287 e. The van der Waals surface area contributed by atoms with E-state index in [4.69, 9.17) is 8.83 Å². The van der Waals surface area contributed by atoms with Crippen molar-refractivity contribution in [3.05, 3.63) is 48.3 Å². The molecule has 2 amide bonds. The summed E-state index contributed by atoms with van der Waals surface area (Å²) >= 11 is 0. The minimum absolute atomic E-state index is 0.0789. The lowest BCUT2D eigenvalue weighted by Crippen LogP contribution is -2.45. The Balaban J connectivity index is 0.000000201. The van der Waals surface area contributed by atoms with Crippen LogP contribution < -0.4 is 10.6 Å². The third-order valence-corrected chi connectivity index (χ3v) is 8.17. The first kappa shape index (κ1) is 28.1. The Hall–Kier alpha value is -2.50. The summed E-state index contributed by atoms with van der Waals surface area (Å²) in [5, 5.41) is 6.30. The standard InChI is InChI=1S/2C15H23NO2/c2*1-10(2)12-7-6-11(3)9-13(12)16-15(17)14-5-4-8-18-14/h2*4-5,8,10-13H,6-7,9H2,1-3H3,(H,16,17)/t2*11-,12+,13+/m10/s1. The van der Waals surface area contributed by atoms with Gasteiger partial charge in [-0.05, 0) is 85.5 Å². The number of nitrogens with one attached hydrogen (secondary N) is 2. The number of amides is 2. The van der Waals surface area contributed by atoms with E-state index >= 15 is 0 Å². The summed E-state index contributed by atoms with van der Waals surface area (Å²) in [4.78, 5) is 24.1. The van der Waals surface area contributed by atoms with Crippen LogP contribution in [0.2, 0.25) is 0 Å². The Morgan fingerprint density at radius 1 is 0.722 bits per heavy atom. The van der Waals surface area contributed by atoms with Crippen LogP contribution in [0.15, 0.2) is 45.6 Å². The summed E-state index contributed by atoms with van der Waals surface area (Å²) in [7, 11) is 0. The average molecular weight is 499 g/mol. The highest BCUT2D eigenvalue weighted by atomic mass is 16.3. The first-order chi connectivity index (χ1) is 17.2. The van der Waals surface area contributed by atoms with E-state index in [2.05, 4.69) is 52.2 Å². The fourth-order valence-electron chi connectivity index (χ4n) is 6.03. The normalized spacial score (nSPS) is 28.3. The van der Waals surface area contributed by atoms with Crippen molar-refractivity contribution in [1.82, 2.24) is 10.6 Å². The van der Waals surface area contributed by atoms with Gasteiger partial charge in [0.05, 0.1) is 12.5 Å². The molecule has 36 heavy (non-hydrogen) atoms. The highest BCUT2D eigenvalue weighted by Gasteiger charge is 2.33. The second-order valence-electron chi connectivity index (χ2n) is 11.8. The van der Waals surface area contributed by atoms with Gasteiger partial charge in [-0.1, -0.05) is 54.4 Å². The van der Waals surface area contributed by atoms with Gasteiger partial charge in [0, 0.05) is 12.1 Å². The largest absolute Gasteiger partial charge is 0.459 e. The van der Waals surface area contributed by atoms with Crippen molar-refractivity contribution in [1.29, 1.82) is 0 Å². The molecular weight excluding hydrogens is 452 g/mol. The fourth-order valence-corrected chi connectivity index (χ4v) is 6.03. The minimum Gasteiger partial charge on any atom is -0.459 e. The molecule has 0 saturated heterocycles. The van der Waals surface area contributed by atoms with Gasteiger partial charge in [-0.3, -0.25) is 9.59 Å². The van der Waals surface area contributed by atoms with E-state index in [-0.39, 0.29) is 23.9 Å². The van der Waals surface area contributed by atoms with Crippen molar-refractivity contribution in [3.63, 3.8) is 0 Å². The van der Waals surface area contributed by atoms with Crippen LogP contribution in [0.25, 0.3) is 0 Å². The molecule has 2 fully saturated rings. The summed E-state index contributed by atoms with van der Waals surface area (Å²) in [6.07, 6.45) is 10.2. The van der Waals surface area contributed by atoms with Crippen LogP contribution in [0.5, 0.6) is 0 Å². The smallest absolute Gasteiger partial charge is 0.287 e. The van der Waals surface area contributed by atoms with Crippen LogP contribution in [-0.4, -0.2) is 23.9 Å². The molecule has 6 atom stereocenters. The zero-order valence-corrected chi connectivity index (χ0v) is 23.0. The molecule has 6 heteroatoms. The predicted molar refractivity (Wildman–Crippen MR) is 143 cm³/mol. The summed E-state index contributed by atoms with van der Waals surface area (Å²) in [6, 6.07) is 7.49. The van der Waals surface area contributed by atoms with Gasteiger partial charge >= 0.3 is 0 Å². The number of hydrogen-bond acceptors (Lipinski definition) is 4. The quantitative estimate of drug-likeness (QED) is 0.452. The van der Waals surface area contributed by atoms with Gasteiger partial charge in [0.1, 0.15) is 0 Å². The Morgan fingerprint density at radius 2 is 1.11 bits per heavy atom. The van der Waals surface area contributed by atoms with Crippen LogP contribution in [0.1, 0.15) is 101 Å². The average Bonchev–Trinajstić information content (AvgIpc) is 3.54. The maximum absolute atomic E-state index is 12.0. The molecule has 0 radical (unpaired) electrons. The lowest BCUT2D eigenvalue weighted by molar-refractivity contribution is 0.0832. The van der Waals surface area contributed by atoms with Crippen LogP contribution in [-0.2, 0) is 0 Å². The van der Waals surface area contributed by atoms with Gasteiger partial charge in [0.15, 0.2) is 11.5 Å². The van der Waals surface area contributed by atoms with Gasteiger partial charge in [0.2, 0.25) is 0 Å². The summed E-state index contributed by atoms with van der Waals surface area (Å²) < 4.78 is 10.3. The summed E-state index contributed by atoms with van der Waals surface area (Å²) in [6.45, 7) is 13.5. The zero-order valence-electron chi connectivity index (χ0n) is 23.0. The molecule has 4 rings (SSSR count). The number of rotatable bonds is 6. The Bertz CT molecular complexity index is 843. The van der Waals surface area contributed by atoms with Crippen molar-refractivity contribution < 1.29 is 18.4 Å². The van der Waals surface area contributed by atoms with Crippen LogP contribution in [0, 0.1) is 35.5 Å². The topological polar surface area (TPSA) is 84.5 Å². The SMILES string of the molecule is CC(C)[C@@H]1CC[C@@H](C)C[C@@H]1NC(=O)c1ccco1.CC(C)[C@H]1CC[C@H](C)C[C@H]1NC(=O)c1ccco1. The van der Waals surface area contributed by atoms with Gasteiger partial charge in [-0.15, -0.1) is 0 Å². The van der Waals surface area contributed by atoms with Crippen molar-refractivity contribution >= 4 is 11.8 Å². The van der Waals surface area contributed by atoms with E-state index in [0.717, 1.165) is 12.8 Å². The Labute approximate surface area is 217 Å². The van der Waals surface area contributed by atoms with E-state index in [9.17, 15) is 9.59 Å². The van der Waals surface area contributed by atoms with Crippen molar-refractivity contribution in [2.24, 2.45) is 35.5 Å². The van der Waals surface area contributed by atoms with E-state index in [1.165, 1.54) is 25.7 Å². The maximum atomic E-state index is 12.0. The number of carbonyl (C=O) groups is 2. The molecular formula is C30H46N2O4. The molecule has 0 aromatic carbocycles. The van der Waals surface area contributed by atoms with Crippen molar-refractivity contribution in [2.75, 3.05) is 0 Å². The van der Waals surface area contributed by atoms with Crippen LogP contribution >= 0.6 is 0 Å². The number of carbonyl (C=O) groups excluding carboxylic acids is 2. The molecule has 6 nitrogen and oxygen atoms in total. The first-order valence-corrected chi connectivity index (χ1v) is 13.8.